The zero-order valence-corrected chi connectivity index (χ0v) is 13.2. The van der Waals surface area contributed by atoms with Crippen LogP contribution in [0.5, 0.6) is 0 Å². The van der Waals surface area contributed by atoms with Gasteiger partial charge >= 0.3 is 0 Å². The third-order valence-electron chi connectivity index (χ3n) is 4.08. The number of hydrogen-bond donors (Lipinski definition) is 0. The number of hydrogen-bond acceptors (Lipinski definition) is 2. The first-order valence-corrected chi connectivity index (χ1v) is 8.53. The van der Waals surface area contributed by atoms with Crippen molar-refractivity contribution in [2.75, 3.05) is 6.26 Å². The topological polar surface area (TPSA) is 17.8 Å². The lowest BCUT2D eigenvalue weighted by atomic mass is 10.2. The molecule has 4 rings (SSSR count). The number of para-hydroxylation sites is 1. The van der Waals surface area contributed by atoms with Gasteiger partial charge in [0.15, 0.2) is 0 Å². The van der Waals surface area contributed by atoms with Gasteiger partial charge in [0, 0.05) is 33.9 Å². The van der Waals surface area contributed by atoms with Crippen molar-refractivity contribution in [3.8, 4) is 0 Å². The number of aromatic nitrogens is 2. The average Bonchev–Trinajstić information content (AvgIpc) is 2.90. The number of fused-ring (bicyclic) bond motifs is 3. The highest BCUT2D eigenvalue weighted by Gasteiger charge is 2.10. The minimum atomic E-state index is 0.865. The molecule has 0 atom stereocenters. The van der Waals surface area contributed by atoms with Crippen molar-refractivity contribution in [2.24, 2.45) is 0 Å². The van der Waals surface area contributed by atoms with Crippen LogP contribution in [0, 0.1) is 0 Å². The van der Waals surface area contributed by atoms with Crippen molar-refractivity contribution in [3.63, 3.8) is 0 Å². The summed E-state index contributed by atoms with van der Waals surface area (Å²) >= 11 is 1.77. The fourth-order valence-electron chi connectivity index (χ4n) is 2.98. The Bertz CT molecular complexity index is 885. The van der Waals surface area contributed by atoms with Gasteiger partial charge in [-0.05, 0) is 36.1 Å². The van der Waals surface area contributed by atoms with E-state index in [1.54, 1.807) is 11.8 Å². The maximum Gasteiger partial charge on any atom is 0.0680 e. The van der Waals surface area contributed by atoms with Crippen LogP contribution >= 0.6 is 11.8 Å². The molecule has 2 nitrogen and oxygen atoms in total. The molecular weight excluding hydrogens is 288 g/mol. The lowest BCUT2D eigenvalue weighted by Gasteiger charge is -2.08. The van der Waals surface area contributed by atoms with Crippen molar-refractivity contribution in [1.29, 1.82) is 0 Å². The first-order chi connectivity index (χ1) is 10.9. The molecule has 4 aromatic rings. The van der Waals surface area contributed by atoms with Gasteiger partial charge in [0.25, 0.3) is 0 Å². The summed E-state index contributed by atoms with van der Waals surface area (Å²) in [6.45, 7) is 0.865. The molecule has 22 heavy (non-hydrogen) atoms. The quantitative estimate of drug-likeness (QED) is 0.498. The second kappa shape index (κ2) is 5.50. The summed E-state index contributed by atoms with van der Waals surface area (Å²) in [7, 11) is 0. The van der Waals surface area contributed by atoms with E-state index >= 15 is 0 Å². The summed E-state index contributed by atoms with van der Waals surface area (Å²) in [5, 5.41) is 2.56. The minimum absolute atomic E-state index is 0.865. The molecule has 0 radical (unpaired) electrons. The molecule has 0 bridgehead atoms. The van der Waals surface area contributed by atoms with Crippen LogP contribution in [0.25, 0.3) is 21.8 Å². The smallest absolute Gasteiger partial charge is 0.0680 e. The molecule has 0 unspecified atom stereocenters. The van der Waals surface area contributed by atoms with Crippen LogP contribution < -0.4 is 0 Å². The molecule has 0 aliphatic carbocycles. The van der Waals surface area contributed by atoms with E-state index in [1.807, 2.05) is 12.4 Å². The van der Waals surface area contributed by atoms with Crippen LogP contribution in [0.15, 0.2) is 71.9 Å². The van der Waals surface area contributed by atoms with E-state index in [1.165, 1.54) is 32.3 Å². The molecule has 2 aromatic carbocycles. The van der Waals surface area contributed by atoms with Gasteiger partial charge in [-0.25, -0.2) is 0 Å². The van der Waals surface area contributed by atoms with Crippen LogP contribution in [0.2, 0.25) is 0 Å². The Morgan fingerprint density at radius 1 is 0.909 bits per heavy atom. The standard InChI is InChI=1S/C19H16N2S/c1-22-15-8-6-14(7-9-15)13-21-18-5-3-2-4-16(18)17-10-11-20-12-19(17)21/h2-12H,13H2,1H3. The highest BCUT2D eigenvalue weighted by molar-refractivity contribution is 7.98. The minimum Gasteiger partial charge on any atom is -0.335 e. The molecule has 0 fully saturated rings. The Morgan fingerprint density at radius 2 is 1.68 bits per heavy atom. The summed E-state index contributed by atoms with van der Waals surface area (Å²) in [5.41, 5.74) is 3.77. The number of benzene rings is 2. The van der Waals surface area contributed by atoms with Crippen LogP contribution in [-0.2, 0) is 6.54 Å². The lowest BCUT2D eigenvalue weighted by molar-refractivity contribution is 0.865. The Kier molecular flexibility index (Phi) is 3.35. The van der Waals surface area contributed by atoms with Crippen molar-refractivity contribution in [2.45, 2.75) is 11.4 Å². The monoisotopic (exact) mass is 304 g/mol. The van der Waals surface area contributed by atoms with Crippen molar-refractivity contribution in [1.82, 2.24) is 9.55 Å². The van der Waals surface area contributed by atoms with E-state index in [9.17, 15) is 0 Å². The number of pyridine rings is 1. The fraction of sp³-hybridized carbons (Fsp3) is 0.105. The van der Waals surface area contributed by atoms with Gasteiger partial charge in [0.05, 0.1) is 11.7 Å². The van der Waals surface area contributed by atoms with Gasteiger partial charge in [-0.2, -0.15) is 0 Å². The lowest BCUT2D eigenvalue weighted by Crippen LogP contribution is -1.99. The van der Waals surface area contributed by atoms with Gasteiger partial charge in [-0.15, -0.1) is 11.8 Å². The zero-order chi connectivity index (χ0) is 14.9. The molecule has 2 heterocycles. The van der Waals surface area contributed by atoms with Crippen LogP contribution in [0.4, 0.5) is 0 Å². The largest absolute Gasteiger partial charge is 0.335 e. The molecule has 0 spiro atoms. The molecule has 0 aliphatic rings. The number of rotatable bonds is 3. The third-order valence-corrected chi connectivity index (χ3v) is 4.82. The summed E-state index contributed by atoms with van der Waals surface area (Å²) < 4.78 is 2.35. The van der Waals surface area contributed by atoms with Gasteiger partial charge in [0.2, 0.25) is 0 Å². The van der Waals surface area contributed by atoms with Crippen LogP contribution in [0.1, 0.15) is 5.56 Å². The van der Waals surface area contributed by atoms with E-state index < -0.39 is 0 Å². The highest BCUT2D eigenvalue weighted by Crippen LogP contribution is 2.29. The first kappa shape index (κ1) is 13.4. The molecule has 0 saturated heterocycles. The van der Waals surface area contributed by atoms with E-state index in [0.717, 1.165) is 6.54 Å². The van der Waals surface area contributed by atoms with E-state index in [4.69, 9.17) is 0 Å². The predicted molar refractivity (Wildman–Crippen MR) is 94.6 cm³/mol. The molecule has 0 saturated carbocycles. The summed E-state index contributed by atoms with van der Waals surface area (Å²) in [4.78, 5) is 5.61. The fourth-order valence-corrected chi connectivity index (χ4v) is 3.39. The summed E-state index contributed by atoms with van der Waals surface area (Å²) in [5.74, 6) is 0. The van der Waals surface area contributed by atoms with Crippen LogP contribution in [0.3, 0.4) is 0 Å². The second-order valence-electron chi connectivity index (χ2n) is 5.34. The van der Waals surface area contributed by atoms with E-state index in [2.05, 4.69) is 70.4 Å². The Hall–Kier alpha value is -2.26. The normalized spacial score (nSPS) is 11.3. The third kappa shape index (κ3) is 2.18. The maximum atomic E-state index is 4.31. The summed E-state index contributed by atoms with van der Waals surface area (Å²) in [6, 6.07) is 19.5. The Labute approximate surface area is 133 Å². The van der Waals surface area contributed by atoms with Crippen LogP contribution in [-0.4, -0.2) is 15.8 Å². The maximum absolute atomic E-state index is 4.31. The SMILES string of the molecule is CSc1ccc(Cn2c3ccccc3c3ccncc32)cc1. The van der Waals surface area contributed by atoms with Crippen molar-refractivity contribution in [3.05, 3.63) is 72.6 Å². The Balaban J connectivity index is 1.88. The highest BCUT2D eigenvalue weighted by atomic mass is 32.2. The molecule has 0 N–H and O–H groups in total. The first-order valence-electron chi connectivity index (χ1n) is 7.31. The van der Waals surface area contributed by atoms with E-state index in [0.29, 0.717) is 0 Å². The Morgan fingerprint density at radius 3 is 2.50 bits per heavy atom. The predicted octanol–water partition coefficient (Wildman–Crippen LogP) is 4.96. The average molecular weight is 304 g/mol. The van der Waals surface area contributed by atoms with Gasteiger partial charge < -0.3 is 4.57 Å². The molecule has 108 valence electrons. The zero-order valence-electron chi connectivity index (χ0n) is 12.4. The molecule has 2 aromatic heterocycles. The molecule has 0 amide bonds. The van der Waals surface area contributed by atoms with Gasteiger partial charge in [-0.1, -0.05) is 30.3 Å². The van der Waals surface area contributed by atoms with Gasteiger partial charge in [0.1, 0.15) is 0 Å². The molecule has 3 heteroatoms. The van der Waals surface area contributed by atoms with Crippen molar-refractivity contribution >= 4 is 33.6 Å². The number of thioether (sulfide) groups is 1. The van der Waals surface area contributed by atoms with Crippen molar-refractivity contribution < 1.29 is 0 Å². The molecular formula is C19H16N2S. The van der Waals surface area contributed by atoms with E-state index in [-0.39, 0.29) is 0 Å². The second-order valence-corrected chi connectivity index (χ2v) is 6.22. The molecule has 0 aliphatic heterocycles. The number of nitrogens with zero attached hydrogens (tertiary/aromatic N) is 2. The summed E-state index contributed by atoms with van der Waals surface area (Å²) in [6.07, 6.45) is 5.94. The van der Waals surface area contributed by atoms with Gasteiger partial charge in [-0.3, -0.25) is 4.98 Å².